The average molecular weight is 296 g/mol. The van der Waals surface area contributed by atoms with E-state index < -0.39 is 5.97 Å². The molecule has 22 heavy (non-hydrogen) atoms. The summed E-state index contributed by atoms with van der Waals surface area (Å²) in [5.74, 6) is -0.938. The normalized spacial score (nSPS) is 15.0. The summed E-state index contributed by atoms with van der Waals surface area (Å²) >= 11 is 0. The number of hydrogen-bond acceptors (Lipinski definition) is 2. The first-order valence-electron chi connectivity index (χ1n) is 7.07. The number of carbonyl (C=O) groups is 2. The highest BCUT2D eigenvalue weighted by Gasteiger charge is 2.23. The lowest BCUT2D eigenvalue weighted by molar-refractivity contribution is -0.137. The van der Waals surface area contributed by atoms with Crippen LogP contribution in [0.3, 0.4) is 0 Å². The molecular formula is C17H16N2O3. The van der Waals surface area contributed by atoms with Gasteiger partial charge in [-0.05, 0) is 36.6 Å². The molecule has 2 heterocycles. The maximum atomic E-state index is 12.1. The number of anilines is 1. The quantitative estimate of drug-likeness (QED) is 0.759. The fourth-order valence-corrected chi connectivity index (χ4v) is 2.63. The third kappa shape index (κ3) is 2.53. The van der Waals surface area contributed by atoms with E-state index in [4.69, 9.17) is 5.11 Å². The molecule has 0 radical (unpaired) electrons. The van der Waals surface area contributed by atoms with Gasteiger partial charge in [0.25, 0.3) is 5.91 Å². The summed E-state index contributed by atoms with van der Waals surface area (Å²) in [5, 5.41) is 11.6. The molecule has 0 saturated heterocycles. The van der Waals surface area contributed by atoms with E-state index in [0.717, 1.165) is 28.1 Å². The van der Waals surface area contributed by atoms with Crippen LogP contribution in [0, 0.1) is 6.92 Å². The Morgan fingerprint density at radius 2 is 2.09 bits per heavy atom. The van der Waals surface area contributed by atoms with Crippen molar-refractivity contribution in [2.45, 2.75) is 19.8 Å². The Bertz CT molecular complexity index is 787. The molecule has 1 aromatic heterocycles. The Morgan fingerprint density at radius 1 is 1.32 bits per heavy atom. The Morgan fingerprint density at radius 3 is 2.86 bits per heavy atom. The predicted octanol–water partition coefficient (Wildman–Crippen LogP) is 2.83. The number of rotatable bonds is 4. The monoisotopic (exact) mass is 296 g/mol. The number of carboxylic acids is 1. The van der Waals surface area contributed by atoms with Crippen molar-refractivity contribution >= 4 is 29.2 Å². The van der Waals surface area contributed by atoms with Gasteiger partial charge >= 0.3 is 5.97 Å². The number of amides is 1. The molecule has 5 heteroatoms. The highest BCUT2D eigenvalue weighted by molar-refractivity contribution is 6.34. The molecule has 0 saturated carbocycles. The second kappa shape index (κ2) is 5.52. The zero-order valence-electron chi connectivity index (χ0n) is 12.1. The van der Waals surface area contributed by atoms with Crippen LogP contribution in [0.1, 0.15) is 28.8 Å². The zero-order chi connectivity index (χ0) is 15.7. The van der Waals surface area contributed by atoms with Gasteiger partial charge in [0, 0.05) is 29.6 Å². The number of nitrogens with one attached hydrogen (secondary N) is 2. The van der Waals surface area contributed by atoms with Gasteiger partial charge < -0.3 is 15.4 Å². The van der Waals surface area contributed by atoms with Gasteiger partial charge in [0.1, 0.15) is 0 Å². The summed E-state index contributed by atoms with van der Waals surface area (Å²) in [4.78, 5) is 25.9. The molecule has 1 amide bonds. The van der Waals surface area contributed by atoms with E-state index in [-0.39, 0.29) is 12.3 Å². The molecule has 2 aromatic rings. The summed E-state index contributed by atoms with van der Waals surface area (Å²) in [6.45, 7) is 1.93. The van der Waals surface area contributed by atoms with Crippen molar-refractivity contribution in [1.29, 1.82) is 0 Å². The van der Waals surface area contributed by atoms with Gasteiger partial charge in [0.05, 0.1) is 5.57 Å². The van der Waals surface area contributed by atoms with Crippen molar-refractivity contribution in [3.05, 3.63) is 52.8 Å². The predicted molar refractivity (Wildman–Crippen MR) is 84.4 cm³/mol. The number of hydrogen-bond donors (Lipinski definition) is 3. The number of benzene rings is 1. The topological polar surface area (TPSA) is 82.2 Å². The molecule has 1 aliphatic heterocycles. The summed E-state index contributed by atoms with van der Waals surface area (Å²) in [6.07, 6.45) is 4.20. The maximum Gasteiger partial charge on any atom is 0.303 e. The largest absolute Gasteiger partial charge is 0.481 e. The van der Waals surface area contributed by atoms with E-state index in [1.807, 2.05) is 43.5 Å². The smallest absolute Gasteiger partial charge is 0.303 e. The van der Waals surface area contributed by atoms with Gasteiger partial charge in [0.2, 0.25) is 0 Å². The van der Waals surface area contributed by atoms with Crippen LogP contribution in [0.2, 0.25) is 0 Å². The number of fused-ring (bicyclic) bond motifs is 1. The van der Waals surface area contributed by atoms with E-state index in [0.29, 0.717) is 12.0 Å². The number of aromatic nitrogens is 1. The minimum Gasteiger partial charge on any atom is -0.481 e. The zero-order valence-corrected chi connectivity index (χ0v) is 12.1. The molecule has 0 unspecified atom stereocenters. The molecule has 0 aliphatic carbocycles. The van der Waals surface area contributed by atoms with Gasteiger partial charge in [-0.15, -0.1) is 0 Å². The first-order valence-corrected chi connectivity index (χ1v) is 7.07. The van der Waals surface area contributed by atoms with Gasteiger partial charge in [0.15, 0.2) is 0 Å². The van der Waals surface area contributed by atoms with Gasteiger partial charge in [-0.1, -0.05) is 18.2 Å². The third-order valence-corrected chi connectivity index (χ3v) is 3.89. The first-order chi connectivity index (χ1) is 10.6. The van der Waals surface area contributed by atoms with Gasteiger partial charge in [-0.25, -0.2) is 0 Å². The van der Waals surface area contributed by atoms with Gasteiger partial charge in [-0.2, -0.15) is 0 Å². The first kappa shape index (κ1) is 14.1. The molecule has 5 nitrogen and oxygen atoms in total. The van der Waals surface area contributed by atoms with Crippen molar-refractivity contribution < 1.29 is 14.7 Å². The molecular weight excluding hydrogens is 280 g/mol. The fraction of sp³-hybridized carbons (Fsp3) is 0.176. The van der Waals surface area contributed by atoms with Crippen LogP contribution < -0.4 is 5.32 Å². The van der Waals surface area contributed by atoms with E-state index in [2.05, 4.69) is 10.3 Å². The van der Waals surface area contributed by atoms with Crippen LogP contribution in [-0.4, -0.2) is 22.0 Å². The van der Waals surface area contributed by atoms with Crippen LogP contribution in [0.15, 0.2) is 30.5 Å². The van der Waals surface area contributed by atoms with Gasteiger partial charge in [-0.3, -0.25) is 9.59 Å². The third-order valence-electron chi connectivity index (χ3n) is 3.89. The van der Waals surface area contributed by atoms with Crippen molar-refractivity contribution in [2.24, 2.45) is 0 Å². The Balaban J connectivity index is 1.93. The summed E-state index contributed by atoms with van der Waals surface area (Å²) in [7, 11) is 0. The summed E-state index contributed by atoms with van der Waals surface area (Å²) in [5.41, 5.74) is 5.09. The van der Waals surface area contributed by atoms with E-state index in [9.17, 15) is 9.59 Å². The molecule has 1 aliphatic rings. The van der Waals surface area contributed by atoms with E-state index in [1.165, 1.54) is 0 Å². The van der Waals surface area contributed by atoms with Crippen molar-refractivity contribution in [3.8, 4) is 0 Å². The molecule has 0 spiro atoms. The molecule has 3 rings (SSSR count). The van der Waals surface area contributed by atoms with Crippen molar-refractivity contribution in [3.63, 3.8) is 0 Å². The van der Waals surface area contributed by atoms with Crippen LogP contribution in [0.25, 0.3) is 11.6 Å². The number of carbonyl (C=O) groups excluding carboxylic acids is 1. The van der Waals surface area contributed by atoms with Crippen molar-refractivity contribution in [2.75, 3.05) is 5.32 Å². The molecule has 112 valence electrons. The number of para-hydroxylation sites is 1. The van der Waals surface area contributed by atoms with E-state index >= 15 is 0 Å². The molecule has 3 N–H and O–H groups in total. The lowest BCUT2D eigenvalue weighted by Crippen LogP contribution is -2.03. The van der Waals surface area contributed by atoms with Crippen LogP contribution in [-0.2, 0) is 16.0 Å². The van der Waals surface area contributed by atoms with Crippen LogP contribution >= 0.6 is 0 Å². The van der Waals surface area contributed by atoms with Crippen molar-refractivity contribution in [1.82, 2.24) is 4.98 Å². The van der Waals surface area contributed by atoms with Crippen LogP contribution in [0.5, 0.6) is 0 Å². The minimum atomic E-state index is -0.815. The Kier molecular flexibility index (Phi) is 3.55. The fourth-order valence-electron chi connectivity index (χ4n) is 2.63. The Hall–Kier alpha value is -2.82. The molecule has 0 bridgehead atoms. The van der Waals surface area contributed by atoms with Crippen LogP contribution in [0.4, 0.5) is 5.69 Å². The number of carboxylic acid groups (broad SMARTS) is 1. The van der Waals surface area contributed by atoms with E-state index in [1.54, 1.807) is 0 Å². The number of aliphatic carboxylic acids is 1. The number of aryl methyl sites for hydroxylation is 1. The number of H-pyrrole nitrogens is 1. The number of aromatic amines is 1. The molecule has 1 aromatic carbocycles. The summed E-state index contributed by atoms with van der Waals surface area (Å²) < 4.78 is 0. The minimum absolute atomic E-state index is 0.0953. The lowest BCUT2D eigenvalue weighted by atomic mass is 10.0. The molecule has 0 atom stereocenters. The SMILES string of the molecule is Cc1c(CCC(=O)O)c[nH]c1/C=C1/C(=O)Nc2ccccc21. The maximum absolute atomic E-state index is 12.1. The second-order valence-electron chi connectivity index (χ2n) is 5.30. The highest BCUT2D eigenvalue weighted by atomic mass is 16.4. The highest BCUT2D eigenvalue weighted by Crippen LogP contribution is 2.33. The summed E-state index contributed by atoms with van der Waals surface area (Å²) in [6, 6.07) is 7.55. The standard InChI is InChI=1S/C17H16N2O3/c1-10-11(6-7-16(20)21)9-18-15(10)8-13-12-4-2-3-5-14(12)19-17(13)22/h2-5,8-9,18H,6-7H2,1H3,(H,19,22)(H,20,21)/b13-8+. The average Bonchev–Trinajstić information content (AvgIpc) is 2.99. The molecule has 0 fully saturated rings. The lowest BCUT2D eigenvalue weighted by Gasteiger charge is -2.00. The second-order valence-corrected chi connectivity index (χ2v) is 5.30. The Labute approximate surface area is 127 Å².